The van der Waals surface area contributed by atoms with Crippen LogP contribution in [-0.2, 0) is 6.42 Å². The number of anilines is 3. The molecule has 1 aliphatic rings. The second kappa shape index (κ2) is 16.4. The van der Waals surface area contributed by atoms with Gasteiger partial charge in [0.1, 0.15) is 11.2 Å². The van der Waals surface area contributed by atoms with Crippen LogP contribution in [0.15, 0.2) is 59.5 Å². The molecule has 0 saturated carbocycles. The fourth-order valence-corrected chi connectivity index (χ4v) is 5.28. The molecule has 2 aromatic heterocycles. The van der Waals surface area contributed by atoms with Crippen molar-refractivity contribution in [3.05, 3.63) is 86.8 Å². The average Bonchev–Trinajstić information content (AvgIpc) is 3.02. The van der Waals surface area contributed by atoms with Crippen LogP contribution in [0.5, 0.6) is 0 Å². The van der Waals surface area contributed by atoms with Crippen LogP contribution in [0.25, 0.3) is 11.0 Å². The molecule has 5 rings (SSSR count). The number of nitrogens with zero attached hydrogens (tertiary/aromatic N) is 4. The molecule has 1 fully saturated rings. The number of amides is 2. The highest BCUT2D eigenvalue weighted by Crippen LogP contribution is 2.24. The second-order valence-corrected chi connectivity index (χ2v) is 11.6. The summed E-state index contributed by atoms with van der Waals surface area (Å²) in [6.45, 7) is 6.45. The van der Waals surface area contributed by atoms with Gasteiger partial charge < -0.3 is 36.5 Å². The zero-order chi connectivity index (χ0) is 31.8. The minimum Gasteiger partial charge on any atom is -0.399 e. The zero-order valence-corrected chi connectivity index (χ0v) is 27.2. The summed E-state index contributed by atoms with van der Waals surface area (Å²) in [5.41, 5.74) is 7.74. The van der Waals surface area contributed by atoms with Gasteiger partial charge in [-0.3, -0.25) is 14.4 Å². The number of rotatable bonds is 12. The lowest BCUT2D eigenvalue weighted by Gasteiger charge is -2.32. The van der Waals surface area contributed by atoms with Gasteiger partial charge in [-0.25, -0.2) is 4.98 Å². The van der Waals surface area contributed by atoms with Gasteiger partial charge >= 0.3 is 0 Å². The van der Waals surface area contributed by atoms with Gasteiger partial charge in [-0.1, -0.05) is 23.7 Å². The first-order chi connectivity index (χ1) is 21.7. The Balaban J connectivity index is 0.00000480. The van der Waals surface area contributed by atoms with Crippen LogP contribution in [-0.4, -0.2) is 89.4 Å². The van der Waals surface area contributed by atoms with Crippen LogP contribution in [0.1, 0.15) is 39.1 Å². The molecular formula is C32H39Cl2N9O3. The molecule has 2 amide bonds. The third-order valence-electron chi connectivity index (χ3n) is 7.72. The number of hydrogen-bond acceptors (Lipinski definition) is 9. The first-order valence-electron chi connectivity index (χ1n) is 15.0. The summed E-state index contributed by atoms with van der Waals surface area (Å²) in [5, 5.41) is 9.47. The van der Waals surface area contributed by atoms with Gasteiger partial charge in [0.05, 0.1) is 10.7 Å². The maximum atomic E-state index is 13.1. The number of nitrogens with one attached hydrogen (secondary N) is 4. The second-order valence-electron chi connectivity index (χ2n) is 11.2. The fourth-order valence-electron chi connectivity index (χ4n) is 5.12. The van der Waals surface area contributed by atoms with E-state index >= 15 is 0 Å². The number of likely N-dealkylation sites (N-methyl/N-ethyl adjacent to an activating group) is 1. The molecule has 0 bridgehead atoms. The van der Waals surface area contributed by atoms with E-state index in [9.17, 15) is 14.4 Å². The van der Waals surface area contributed by atoms with Crippen LogP contribution >= 0.6 is 24.0 Å². The van der Waals surface area contributed by atoms with E-state index in [1.807, 2.05) is 24.3 Å². The van der Waals surface area contributed by atoms with Gasteiger partial charge in [-0.2, -0.15) is 4.98 Å². The Morgan fingerprint density at radius 2 is 1.83 bits per heavy atom. The molecule has 244 valence electrons. The van der Waals surface area contributed by atoms with Gasteiger partial charge in [0.15, 0.2) is 0 Å². The largest absolute Gasteiger partial charge is 0.399 e. The summed E-state index contributed by atoms with van der Waals surface area (Å²) in [6, 6.07) is 13.7. The van der Waals surface area contributed by atoms with Crippen LogP contribution in [0, 0.1) is 0 Å². The van der Waals surface area contributed by atoms with Crippen molar-refractivity contribution in [2.75, 3.05) is 69.2 Å². The minimum atomic E-state index is -0.675. The normalized spacial score (nSPS) is 13.6. The highest BCUT2D eigenvalue weighted by atomic mass is 35.5. The number of piperazine rings is 1. The Morgan fingerprint density at radius 3 is 2.61 bits per heavy atom. The first-order valence-corrected chi connectivity index (χ1v) is 15.4. The minimum absolute atomic E-state index is 0. The predicted octanol–water partition coefficient (Wildman–Crippen LogP) is 3.64. The SMILES string of the molecule is CN1CCN(CCCNc2ncc3cc(C(=O)Nc4cc(C(=O)NCCCc5cccc(N)c5)ccc4Cl)c(=O)[nH]c3n2)CC1.Cl. The molecule has 0 unspecified atom stereocenters. The van der Waals surface area contributed by atoms with Crippen molar-refractivity contribution < 1.29 is 9.59 Å². The number of nitrogen functional groups attached to an aromatic ring is 1. The Bertz CT molecular complexity index is 1730. The molecule has 0 radical (unpaired) electrons. The standard InChI is InChI=1S/C32H38ClN9O3.ClH/c1-41-13-15-42(16-14-41)12-4-11-36-32-37-20-23-18-25(31(45)39-28(23)40-32)30(44)38-27-19-22(8-9-26(27)33)29(43)35-10-3-6-21-5-2-7-24(34)17-21;/h2,5,7-9,17-20H,3-4,6,10-16,34H2,1H3,(H,35,43)(H,38,44)(H2,36,37,39,40,45);1H. The van der Waals surface area contributed by atoms with Crippen molar-refractivity contribution in [2.45, 2.75) is 19.3 Å². The molecule has 4 aromatic rings. The van der Waals surface area contributed by atoms with E-state index in [1.165, 1.54) is 18.2 Å². The number of carbonyl (C=O) groups is 2. The van der Waals surface area contributed by atoms with E-state index in [-0.39, 0.29) is 34.6 Å². The molecule has 1 saturated heterocycles. The number of H-pyrrole nitrogens is 1. The lowest BCUT2D eigenvalue weighted by Crippen LogP contribution is -2.44. The van der Waals surface area contributed by atoms with Crippen LogP contribution in [0.3, 0.4) is 0 Å². The number of aryl methyl sites for hydroxylation is 1. The molecule has 12 nitrogen and oxygen atoms in total. The van der Waals surface area contributed by atoms with E-state index < -0.39 is 11.5 Å². The molecule has 2 aromatic carbocycles. The van der Waals surface area contributed by atoms with Crippen molar-refractivity contribution in [2.24, 2.45) is 0 Å². The molecule has 0 atom stereocenters. The number of fused-ring (bicyclic) bond motifs is 1. The molecule has 3 heterocycles. The van der Waals surface area contributed by atoms with Gasteiger partial charge in [0.25, 0.3) is 17.4 Å². The summed E-state index contributed by atoms with van der Waals surface area (Å²) < 4.78 is 0. The summed E-state index contributed by atoms with van der Waals surface area (Å²) >= 11 is 6.32. The third-order valence-corrected chi connectivity index (χ3v) is 8.05. The number of nitrogens with two attached hydrogens (primary N) is 1. The summed E-state index contributed by atoms with van der Waals surface area (Å²) in [4.78, 5) is 54.9. The summed E-state index contributed by atoms with van der Waals surface area (Å²) in [5.74, 6) is -0.578. The van der Waals surface area contributed by atoms with Gasteiger partial charge in [-0.05, 0) is 74.8 Å². The quantitative estimate of drug-likeness (QED) is 0.112. The maximum absolute atomic E-state index is 13.1. The van der Waals surface area contributed by atoms with Gasteiger partial charge in [0.2, 0.25) is 5.95 Å². The molecule has 6 N–H and O–H groups in total. The third kappa shape index (κ3) is 9.39. The Labute approximate surface area is 278 Å². The van der Waals surface area contributed by atoms with Crippen molar-refractivity contribution in [3.8, 4) is 0 Å². The van der Waals surface area contributed by atoms with Crippen LogP contribution < -0.4 is 27.2 Å². The smallest absolute Gasteiger partial charge is 0.262 e. The highest BCUT2D eigenvalue weighted by molar-refractivity contribution is 6.34. The number of hydrogen-bond donors (Lipinski definition) is 5. The molecule has 46 heavy (non-hydrogen) atoms. The topological polar surface area (TPSA) is 161 Å². The van der Waals surface area contributed by atoms with E-state index in [0.29, 0.717) is 41.3 Å². The Morgan fingerprint density at radius 1 is 1.02 bits per heavy atom. The molecule has 0 aliphatic carbocycles. The van der Waals surface area contributed by atoms with Gasteiger partial charge in [-0.15, -0.1) is 12.4 Å². The van der Waals surface area contributed by atoms with E-state index in [1.54, 1.807) is 12.3 Å². The number of carbonyl (C=O) groups excluding carboxylic acids is 2. The Kier molecular flexibility index (Phi) is 12.3. The maximum Gasteiger partial charge on any atom is 0.262 e. The van der Waals surface area contributed by atoms with E-state index in [4.69, 9.17) is 17.3 Å². The lowest BCUT2D eigenvalue weighted by molar-refractivity contribution is 0.0951. The number of halogens is 2. The number of benzene rings is 2. The first kappa shape index (κ1) is 34.6. The molecule has 1 aliphatic heterocycles. The summed E-state index contributed by atoms with van der Waals surface area (Å²) in [7, 11) is 2.14. The monoisotopic (exact) mass is 667 g/mol. The predicted molar refractivity (Wildman–Crippen MR) is 185 cm³/mol. The number of aromatic nitrogens is 3. The Hall–Kier alpha value is -4.23. The summed E-state index contributed by atoms with van der Waals surface area (Å²) in [6.07, 6.45) is 4.00. The van der Waals surface area contributed by atoms with Crippen molar-refractivity contribution in [1.29, 1.82) is 0 Å². The van der Waals surface area contributed by atoms with E-state index in [2.05, 4.69) is 47.7 Å². The van der Waals surface area contributed by atoms with Crippen LogP contribution in [0.4, 0.5) is 17.3 Å². The zero-order valence-electron chi connectivity index (χ0n) is 25.6. The van der Waals surface area contributed by atoms with Crippen molar-refractivity contribution >= 4 is 64.2 Å². The number of aromatic amines is 1. The molecule has 14 heteroatoms. The highest BCUT2D eigenvalue weighted by Gasteiger charge is 2.17. The number of pyridine rings is 1. The fraction of sp³-hybridized carbons (Fsp3) is 0.344. The molecule has 0 spiro atoms. The van der Waals surface area contributed by atoms with Crippen molar-refractivity contribution in [3.63, 3.8) is 0 Å². The molecular weight excluding hydrogens is 629 g/mol. The average molecular weight is 669 g/mol. The van der Waals surface area contributed by atoms with Gasteiger partial charge in [0, 0.05) is 62.1 Å². The van der Waals surface area contributed by atoms with Crippen LogP contribution in [0.2, 0.25) is 5.02 Å². The van der Waals surface area contributed by atoms with Crippen molar-refractivity contribution in [1.82, 2.24) is 30.1 Å². The lowest BCUT2D eigenvalue weighted by atomic mass is 10.1. The van der Waals surface area contributed by atoms with E-state index in [0.717, 1.165) is 57.5 Å².